The van der Waals surface area contributed by atoms with Gasteiger partial charge in [-0.1, -0.05) is 0 Å². The molecule has 23 heavy (non-hydrogen) atoms. The first kappa shape index (κ1) is 17.0. The number of nitrogens with one attached hydrogen (secondary N) is 1. The minimum absolute atomic E-state index is 0.103. The Hall–Kier alpha value is -2.35. The van der Waals surface area contributed by atoms with Gasteiger partial charge in [0, 0.05) is 18.7 Å². The monoisotopic (exact) mass is 326 g/mol. The van der Waals surface area contributed by atoms with E-state index >= 15 is 0 Å². The van der Waals surface area contributed by atoms with Crippen LogP contribution in [0.4, 0.5) is 19.1 Å². The van der Waals surface area contributed by atoms with Gasteiger partial charge < -0.3 is 15.8 Å². The maximum atomic E-state index is 13.0. The van der Waals surface area contributed by atoms with Gasteiger partial charge in [0.1, 0.15) is 5.75 Å². The van der Waals surface area contributed by atoms with E-state index in [-0.39, 0.29) is 24.7 Å². The van der Waals surface area contributed by atoms with E-state index in [1.54, 1.807) is 24.3 Å². The molecule has 0 unspecified atom stereocenters. The number of ether oxygens (including phenoxy) is 1. The number of hydrogen-bond acceptors (Lipinski definition) is 5. The van der Waals surface area contributed by atoms with Crippen LogP contribution in [0.5, 0.6) is 5.75 Å². The number of alkyl halides is 3. The molecule has 0 spiro atoms. The summed E-state index contributed by atoms with van der Waals surface area (Å²) >= 11 is 0. The minimum atomic E-state index is -4.55. The van der Waals surface area contributed by atoms with Gasteiger partial charge in [0.15, 0.2) is 5.69 Å². The highest BCUT2D eigenvalue weighted by atomic mass is 19.4. The zero-order chi connectivity index (χ0) is 16.9. The number of rotatable bonds is 6. The first-order valence-electron chi connectivity index (χ1n) is 7.07. The third-order valence-corrected chi connectivity index (χ3v) is 2.91. The predicted molar refractivity (Wildman–Crippen MR) is 81.2 cm³/mol. The Morgan fingerprint density at radius 2 is 1.87 bits per heavy atom. The van der Waals surface area contributed by atoms with Crippen LogP contribution in [-0.4, -0.2) is 29.7 Å². The quantitative estimate of drug-likeness (QED) is 0.854. The lowest BCUT2D eigenvalue weighted by Gasteiger charge is -2.12. The molecule has 0 aliphatic rings. The smallest absolute Gasteiger partial charge is 0.433 e. The molecule has 0 atom stereocenters. The summed E-state index contributed by atoms with van der Waals surface area (Å²) in [6.07, 6.45) is -4.55. The molecule has 0 amide bonds. The highest BCUT2D eigenvalue weighted by Gasteiger charge is 2.33. The average Bonchev–Trinajstić information content (AvgIpc) is 2.53. The Kier molecular flexibility index (Phi) is 5.38. The summed E-state index contributed by atoms with van der Waals surface area (Å²) in [6, 6.07) is 7.59. The number of nitrogens with two attached hydrogens (primary N) is 1. The Morgan fingerprint density at radius 3 is 2.43 bits per heavy atom. The number of benzene rings is 1. The van der Waals surface area contributed by atoms with Gasteiger partial charge in [0.25, 0.3) is 0 Å². The second kappa shape index (κ2) is 7.28. The lowest BCUT2D eigenvalue weighted by Crippen LogP contribution is -2.17. The largest absolute Gasteiger partial charge is 0.494 e. The highest BCUT2D eigenvalue weighted by Crippen LogP contribution is 2.31. The molecule has 124 valence electrons. The molecule has 0 saturated carbocycles. The lowest BCUT2D eigenvalue weighted by molar-refractivity contribution is -0.141. The summed E-state index contributed by atoms with van der Waals surface area (Å²) in [5.74, 6) is 0.539. The molecular formula is C15H17F3N4O. The highest BCUT2D eigenvalue weighted by molar-refractivity contribution is 5.62. The molecule has 0 aliphatic carbocycles. The fraction of sp³-hybridized carbons (Fsp3) is 0.333. The number of hydrogen-bond donors (Lipinski definition) is 2. The molecule has 1 aromatic heterocycles. The summed E-state index contributed by atoms with van der Waals surface area (Å²) in [5, 5.41) is 2.68. The number of aromatic nitrogens is 2. The zero-order valence-electron chi connectivity index (χ0n) is 12.5. The van der Waals surface area contributed by atoms with Gasteiger partial charge in [-0.15, -0.1) is 0 Å². The molecular weight excluding hydrogens is 309 g/mol. The summed E-state index contributed by atoms with van der Waals surface area (Å²) in [5.41, 5.74) is 5.05. The van der Waals surface area contributed by atoms with Crippen molar-refractivity contribution in [1.29, 1.82) is 0 Å². The maximum absolute atomic E-state index is 13.0. The summed E-state index contributed by atoms with van der Waals surface area (Å²) < 4.78 is 44.3. The fourth-order valence-electron chi connectivity index (χ4n) is 1.89. The van der Waals surface area contributed by atoms with Crippen molar-refractivity contribution in [3.8, 4) is 17.0 Å². The van der Waals surface area contributed by atoms with Gasteiger partial charge in [-0.2, -0.15) is 13.2 Å². The van der Waals surface area contributed by atoms with E-state index in [4.69, 9.17) is 10.5 Å². The SMILES string of the molecule is CCOc1ccc(-c2cc(C(F)(F)F)nc(NCCN)n2)cc1. The average molecular weight is 326 g/mol. The van der Waals surface area contributed by atoms with Crippen molar-refractivity contribution < 1.29 is 17.9 Å². The van der Waals surface area contributed by atoms with Gasteiger partial charge in [0.05, 0.1) is 12.3 Å². The molecule has 1 heterocycles. The van der Waals surface area contributed by atoms with Crippen molar-refractivity contribution in [1.82, 2.24) is 9.97 Å². The molecule has 0 aliphatic heterocycles. The van der Waals surface area contributed by atoms with E-state index in [1.165, 1.54) is 0 Å². The van der Waals surface area contributed by atoms with Crippen LogP contribution in [0.2, 0.25) is 0 Å². The van der Waals surface area contributed by atoms with Crippen LogP contribution in [0.15, 0.2) is 30.3 Å². The Balaban J connectivity index is 2.39. The van der Waals surface area contributed by atoms with Gasteiger partial charge in [-0.05, 0) is 37.3 Å². The van der Waals surface area contributed by atoms with E-state index < -0.39 is 11.9 Å². The molecule has 8 heteroatoms. The van der Waals surface area contributed by atoms with Crippen molar-refractivity contribution in [2.24, 2.45) is 5.73 Å². The molecule has 0 bridgehead atoms. The molecule has 2 aromatic rings. The topological polar surface area (TPSA) is 73.1 Å². The van der Waals surface area contributed by atoms with Crippen LogP contribution < -0.4 is 15.8 Å². The van der Waals surface area contributed by atoms with Gasteiger partial charge in [-0.25, -0.2) is 9.97 Å². The van der Waals surface area contributed by atoms with E-state index in [0.717, 1.165) is 6.07 Å². The first-order valence-corrected chi connectivity index (χ1v) is 7.07. The maximum Gasteiger partial charge on any atom is 0.433 e. The molecule has 3 N–H and O–H groups in total. The molecule has 5 nitrogen and oxygen atoms in total. The summed E-state index contributed by atoms with van der Waals surface area (Å²) in [7, 11) is 0. The third-order valence-electron chi connectivity index (χ3n) is 2.91. The molecule has 1 aromatic carbocycles. The van der Waals surface area contributed by atoms with Crippen LogP contribution in [0.25, 0.3) is 11.3 Å². The standard InChI is InChI=1S/C15H17F3N4O/c1-2-23-11-5-3-10(4-6-11)12-9-13(15(16,17)18)22-14(21-12)20-8-7-19/h3-6,9H,2,7-8,19H2,1H3,(H,20,21,22). The van der Waals surface area contributed by atoms with Crippen molar-refractivity contribution in [2.45, 2.75) is 13.1 Å². The fourth-order valence-corrected chi connectivity index (χ4v) is 1.89. The minimum Gasteiger partial charge on any atom is -0.494 e. The van der Waals surface area contributed by atoms with Gasteiger partial charge in [0.2, 0.25) is 5.95 Å². The Labute approximate surface area is 131 Å². The normalized spacial score (nSPS) is 11.3. The van der Waals surface area contributed by atoms with Gasteiger partial charge in [-0.3, -0.25) is 0 Å². The van der Waals surface area contributed by atoms with Crippen LogP contribution in [0.1, 0.15) is 12.6 Å². The van der Waals surface area contributed by atoms with Crippen molar-refractivity contribution >= 4 is 5.95 Å². The number of anilines is 1. The molecule has 0 radical (unpaired) electrons. The third kappa shape index (κ3) is 4.56. The van der Waals surface area contributed by atoms with E-state index in [9.17, 15) is 13.2 Å². The number of nitrogens with zero attached hydrogens (tertiary/aromatic N) is 2. The second-order valence-electron chi connectivity index (χ2n) is 4.63. The Bertz CT molecular complexity index is 644. The van der Waals surface area contributed by atoms with E-state index in [2.05, 4.69) is 15.3 Å². The molecule has 0 saturated heterocycles. The lowest BCUT2D eigenvalue weighted by atomic mass is 10.1. The van der Waals surface area contributed by atoms with Crippen LogP contribution in [0.3, 0.4) is 0 Å². The predicted octanol–water partition coefficient (Wildman–Crippen LogP) is 2.93. The van der Waals surface area contributed by atoms with Crippen LogP contribution >= 0.6 is 0 Å². The molecule has 2 rings (SSSR count). The number of halogens is 3. The van der Waals surface area contributed by atoms with Crippen molar-refractivity contribution in [3.05, 3.63) is 36.0 Å². The first-order chi connectivity index (χ1) is 10.9. The van der Waals surface area contributed by atoms with Crippen molar-refractivity contribution in [2.75, 3.05) is 25.0 Å². The van der Waals surface area contributed by atoms with E-state index in [1.807, 2.05) is 6.92 Å². The van der Waals surface area contributed by atoms with Crippen LogP contribution in [0, 0.1) is 0 Å². The zero-order valence-corrected chi connectivity index (χ0v) is 12.5. The summed E-state index contributed by atoms with van der Waals surface area (Å²) in [4.78, 5) is 7.60. The van der Waals surface area contributed by atoms with E-state index in [0.29, 0.717) is 17.9 Å². The molecule has 0 fully saturated rings. The Morgan fingerprint density at radius 1 is 1.17 bits per heavy atom. The van der Waals surface area contributed by atoms with Crippen molar-refractivity contribution in [3.63, 3.8) is 0 Å². The second-order valence-corrected chi connectivity index (χ2v) is 4.63. The summed E-state index contributed by atoms with van der Waals surface area (Å²) in [6.45, 7) is 2.91. The van der Waals surface area contributed by atoms with Crippen LogP contribution in [-0.2, 0) is 6.18 Å². The van der Waals surface area contributed by atoms with Gasteiger partial charge >= 0.3 is 6.18 Å².